The van der Waals surface area contributed by atoms with Gasteiger partial charge in [0.05, 0.1) is 24.1 Å². The molecule has 0 bridgehead atoms. The highest BCUT2D eigenvalue weighted by atomic mass is 35.5. The second-order valence-electron chi connectivity index (χ2n) is 6.38. The molecule has 0 spiro atoms. The minimum absolute atomic E-state index is 0.0610. The third-order valence-corrected chi connectivity index (χ3v) is 4.47. The van der Waals surface area contributed by atoms with Crippen LogP contribution in [0, 0.1) is 11.6 Å². The van der Waals surface area contributed by atoms with Crippen LogP contribution in [0.2, 0.25) is 5.02 Å². The molecule has 0 radical (unpaired) electrons. The molecule has 140 valence electrons. The Labute approximate surface area is 158 Å². The van der Waals surface area contributed by atoms with E-state index in [0.717, 1.165) is 30.8 Å². The van der Waals surface area contributed by atoms with Crippen LogP contribution in [0.5, 0.6) is 0 Å². The summed E-state index contributed by atoms with van der Waals surface area (Å²) < 4.78 is 26.9. The number of hydrogen-bond donors (Lipinski definition) is 3. The van der Waals surface area contributed by atoms with Crippen LogP contribution < -0.4 is 10.6 Å². The minimum Gasteiger partial charge on any atom is -0.346 e. The maximum Gasteiger partial charge on any atom is 0.225 e. The molecule has 3 aromatic heterocycles. The van der Waals surface area contributed by atoms with Gasteiger partial charge in [0.2, 0.25) is 5.95 Å². The van der Waals surface area contributed by atoms with Crippen molar-refractivity contribution in [1.29, 1.82) is 0 Å². The number of nitrogens with zero attached hydrogens (tertiary/aromatic N) is 4. The lowest BCUT2D eigenvalue weighted by Crippen LogP contribution is -2.13. The molecule has 0 aromatic carbocycles. The third kappa shape index (κ3) is 3.97. The highest BCUT2D eigenvalue weighted by Gasteiger charge is 2.25. The van der Waals surface area contributed by atoms with Crippen LogP contribution in [0.3, 0.4) is 0 Å². The van der Waals surface area contributed by atoms with Crippen LogP contribution in [0.15, 0.2) is 24.5 Å². The molecule has 1 atom stereocenters. The molecule has 0 aliphatic heterocycles. The SMILES string of the molecule is C[C@H](Nc1ncc(Cl)c(Nc2cc(C3CC3)[nH]n2)n1)c1ncc(F)cc1F. The lowest BCUT2D eigenvalue weighted by molar-refractivity contribution is 0.550. The van der Waals surface area contributed by atoms with Crippen molar-refractivity contribution in [1.82, 2.24) is 25.1 Å². The number of halogens is 3. The van der Waals surface area contributed by atoms with Gasteiger partial charge < -0.3 is 10.6 Å². The van der Waals surface area contributed by atoms with E-state index in [1.165, 1.54) is 6.20 Å². The Kier molecular flexibility index (Phi) is 4.61. The van der Waals surface area contributed by atoms with Crippen molar-refractivity contribution in [2.24, 2.45) is 0 Å². The maximum atomic E-state index is 13.9. The van der Waals surface area contributed by atoms with Crippen molar-refractivity contribution in [3.8, 4) is 0 Å². The molecule has 7 nitrogen and oxygen atoms in total. The zero-order chi connectivity index (χ0) is 19.0. The first-order chi connectivity index (χ1) is 13.0. The fourth-order valence-electron chi connectivity index (χ4n) is 2.66. The maximum absolute atomic E-state index is 13.9. The molecule has 0 unspecified atom stereocenters. The molecule has 10 heteroatoms. The molecule has 3 aromatic rings. The fraction of sp³-hybridized carbons (Fsp3) is 0.294. The Morgan fingerprint density at radius 1 is 1.22 bits per heavy atom. The average Bonchev–Trinajstić information content (AvgIpc) is 3.37. The summed E-state index contributed by atoms with van der Waals surface area (Å²) in [6.07, 6.45) is 4.71. The van der Waals surface area contributed by atoms with Gasteiger partial charge in [-0.25, -0.2) is 13.8 Å². The number of anilines is 3. The lowest BCUT2D eigenvalue weighted by atomic mass is 10.2. The molecule has 1 saturated carbocycles. The number of pyridine rings is 1. The Bertz CT molecular complexity index is 974. The molecule has 3 heterocycles. The standard InChI is InChI=1S/C17H16ClF2N7/c1-8(15-12(20)4-10(19)6-21-15)23-17-22-7-11(18)16(25-17)24-14-5-13(26-27-14)9-2-3-9/h4-9H,2-3H2,1H3,(H3,22,23,24,25,26,27)/t8-/m0/s1. The zero-order valence-electron chi connectivity index (χ0n) is 14.3. The average molecular weight is 392 g/mol. The first kappa shape index (κ1) is 17.6. The molecule has 0 amide bonds. The van der Waals surface area contributed by atoms with E-state index in [1.54, 1.807) is 6.92 Å². The minimum atomic E-state index is -0.744. The van der Waals surface area contributed by atoms with Gasteiger partial charge in [0.15, 0.2) is 11.6 Å². The first-order valence-electron chi connectivity index (χ1n) is 8.42. The molecular formula is C17H16ClF2N7. The predicted octanol–water partition coefficient (Wildman–Crippen LogP) is 4.32. The highest BCUT2D eigenvalue weighted by molar-refractivity contribution is 6.32. The molecule has 27 heavy (non-hydrogen) atoms. The molecule has 1 fully saturated rings. The Morgan fingerprint density at radius 3 is 2.78 bits per heavy atom. The van der Waals surface area contributed by atoms with Gasteiger partial charge in [0.1, 0.15) is 16.7 Å². The van der Waals surface area contributed by atoms with Gasteiger partial charge >= 0.3 is 0 Å². The zero-order valence-corrected chi connectivity index (χ0v) is 15.1. The van der Waals surface area contributed by atoms with Gasteiger partial charge in [0, 0.05) is 23.7 Å². The van der Waals surface area contributed by atoms with Crippen LogP contribution in [0.1, 0.15) is 43.1 Å². The monoisotopic (exact) mass is 391 g/mol. The summed E-state index contributed by atoms with van der Waals surface area (Å²) in [5.74, 6) is 0.252. The summed E-state index contributed by atoms with van der Waals surface area (Å²) in [5, 5.41) is 13.5. The topological polar surface area (TPSA) is 91.4 Å². The van der Waals surface area contributed by atoms with E-state index < -0.39 is 17.7 Å². The quantitative estimate of drug-likeness (QED) is 0.579. The van der Waals surface area contributed by atoms with Crippen LogP contribution in [0.25, 0.3) is 0 Å². The summed E-state index contributed by atoms with van der Waals surface area (Å²) in [6.45, 7) is 1.67. The summed E-state index contributed by atoms with van der Waals surface area (Å²) in [7, 11) is 0. The fourth-order valence-corrected chi connectivity index (χ4v) is 2.79. The van der Waals surface area contributed by atoms with Gasteiger partial charge in [-0.3, -0.25) is 10.1 Å². The van der Waals surface area contributed by atoms with E-state index >= 15 is 0 Å². The van der Waals surface area contributed by atoms with Crippen molar-refractivity contribution in [2.75, 3.05) is 10.6 Å². The molecular weight excluding hydrogens is 376 g/mol. The van der Waals surface area contributed by atoms with E-state index in [9.17, 15) is 8.78 Å². The molecule has 1 aliphatic carbocycles. The van der Waals surface area contributed by atoms with Crippen molar-refractivity contribution in [2.45, 2.75) is 31.7 Å². The number of aromatic amines is 1. The third-order valence-electron chi connectivity index (χ3n) is 4.20. The van der Waals surface area contributed by atoms with Crippen molar-refractivity contribution in [3.05, 3.63) is 52.6 Å². The van der Waals surface area contributed by atoms with E-state index in [1.807, 2.05) is 6.07 Å². The summed E-state index contributed by atoms with van der Waals surface area (Å²) in [4.78, 5) is 12.2. The second kappa shape index (κ2) is 7.07. The lowest BCUT2D eigenvalue weighted by Gasteiger charge is -2.15. The van der Waals surface area contributed by atoms with Gasteiger partial charge in [-0.1, -0.05) is 11.6 Å². The van der Waals surface area contributed by atoms with Crippen LogP contribution in [-0.2, 0) is 0 Å². The molecule has 1 aliphatic rings. The smallest absolute Gasteiger partial charge is 0.225 e. The van der Waals surface area contributed by atoms with Crippen LogP contribution in [-0.4, -0.2) is 25.1 Å². The Hall–Kier alpha value is -2.81. The Balaban J connectivity index is 1.50. The van der Waals surface area contributed by atoms with E-state index in [2.05, 4.69) is 35.8 Å². The number of rotatable bonds is 6. The van der Waals surface area contributed by atoms with Gasteiger partial charge in [-0.05, 0) is 19.8 Å². The Morgan fingerprint density at radius 2 is 2.04 bits per heavy atom. The highest BCUT2D eigenvalue weighted by Crippen LogP contribution is 2.39. The largest absolute Gasteiger partial charge is 0.346 e. The normalized spacial score (nSPS) is 14.8. The molecule has 4 rings (SSSR count). The van der Waals surface area contributed by atoms with Gasteiger partial charge in [0.25, 0.3) is 0 Å². The van der Waals surface area contributed by atoms with Gasteiger partial charge in [-0.15, -0.1) is 0 Å². The van der Waals surface area contributed by atoms with E-state index in [0.29, 0.717) is 22.6 Å². The van der Waals surface area contributed by atoms with Crippen molar-refractivity contribution in [3.63, 3.8) is 0 Å². The van der Waals surface area contributed by atoms with Crippen LogP contribution >= 0.6 is 11.6 Å². The first-order valence-corrected chi connectivity index (χ1v) is 8.79. The molecule has 0 saturated heterocycles. The summed E-state index contributed by atoms with van der Waals surface area (Å²) >= 11 is 6.16. The second-order valence-corrected chi connectivity index (χ2v) is 6.79. The number of hydrogen-bond acceptors (Lipinski definition) is 6. The molecule has 3 N–H and O–H groups in total. The van der Waals surface area contributed by atoms with E-state index in [4.69, 9.17) is 11.6 Å². The predicted molar refractivity (Wildman–Crippen MR) is 97.1 cm³/mol. The number of nitrogens with one attached hydrogen (secondary N) is 3. The van der Waals surface area contributed by atoms with E-state index in [-0.39, 0.29) is 11.6 Å². The van der Waals surface area contributed by atoms with Gasteiger partial charge in [-0.2, -0.15) is 10.1 Å². The number of H-pyrrole nitrogens is 1. The van der Waals surface area contributed by atoms with Crippen molar-refractivity contribution >= 4 is 29.2 Å². The summed E-state index contributed by atoms with van der Waals surface area (Å²) in [5.41, 5.74) is 1.14. The van der Waals surface area contributed by atoms with Crippen molar-refractivity contribution < 1.29 is 8.78 Å². The summed E-state index contributed by atoms with van der Waals surface area (Å²) in [6, 6.07) is 2.13. The van der Waals surface area contributed by atoms with Crippen LogP contribution in [0.4, 0.5) is 26.4 Å². The number of aromatic nitrogens is 5.